The molecule has 27 heteroatoms. The van der Waals surface area contributed by atoms with Gasteiger partial charge in [-0.1, -0.05) is 183 Å². The van der Waals surface area contributed by atoms with E-state index in [2.05, 4.69) is 174 Å². The molecule has 0 saturated heterocycles. The first-order valence-corrected chi connectivity index (χ1v) is 51.0. The van der Waals surface area contributed by atoms with E-state index in [0.29, 0.717) is 55.3 Å². The second-order valence-corrected chi connectivity index (χ2v) is 38.5. The van der Waals surface area contributed by atoms with Crippen molar-refractivity contribution in [2.45, 2.75) is 128 Å². The molecule has 15 aromatic carbocycles. The number of ketones is 1. The Morgan fingerprint density at radius 2 is 0.691 bits per heavy atom. The number of aliphatic hydroxyl groups is 2. The van der Waals surface area contributed by atoms with Crippen LogP contribution in [0, 0.1) is 23.7 Å². The van der Waals surface area contributed by atoms with Crippen LogP contribution >= 0.6 is 0 Å². The molecule has 24 rings (SSSR count). The molecule has 13 N–H and O–H groups in total. The van der Waals surface area contributed by atoms with Crippen LogP contribution in [0.4, 0.5) is 34.1 Å². The number of rotatable bonds is 28. The van der Waals surface area contributed by atoms with Gasteiger partial charge in [-0.15, -0.1) is 0 Å². The van der Waals surface area contributed by atoms with Crippen LogP contribution in [0.1, 0.15) is 131 Å². The number of ether oxygens (including phenoxy) is 2. The van der Waals surface area contributed by atoms with Gasteiger partial charge in [0, 0.05) is 151 Å². The molecule has 0 spiro atoms. The fourth-order valence-corrected chi connectivity index (χ4v) is 19.1. The highest BCUT2D eigenvalue weighted by Crippen LogP contribution is 2.41. The van der Waals surface area contributed by atoms with Gasteiger partial charge in [0.15, 0.2) is 0 Å². The topological polar surface area (TPSA) is 394 Å². The monoisotopic (exact) mass is 1980 g/mol. The molecular formula is C122H114N16O11. The Hall–Kier alpha value is -17.4. The van der Waals surface area contributed by atoms with E-state index in [9.17, 15) is 33.6 Å². The average molecular weight is 1980 g/mol. The SMILES string of the molecule is COC1CCC(C(=O)Nc2ccc3[nH]nc(-c4ccc5ccccc5c4)c3c2)CC1.O=C(CCCCCCCO)Nc1ccc2[nH]nc(-c3ccc4ccccc4c3)c2c1.O=C(Nc1ccc2[nH]nc(-c3ccc4ccccc4c3)c2c1)c1ccc(CO)cc1.O=C(Nc1cccc(-c2n[nH]c3ccc(NC(=O)C4CC4)cc23)c1)C1CC1.O=C1CCC(C(=O)Nc2ccc3[nH]nc(-c4ccc(OCc5ccccc5)cc4)c3c2)C1. The van der Waals surface area contributed by atoms with E-state index in [0.717, 1.165) is 239 Å². The van der Waals surface area contributed by atoms with Gasteiger partial charge in [-0.2, -0.15) is 25.5 Å². The fraction of sp³-hybridized carbons (Fsp3) is 0.213. The number of carbonyl (C=O) groups excluding carboxylic acids is 7. The number of aromatic amines is 5. The third-order valence-electron chi connectivity index (χ3n) is 27.9. The van der Waals surface area contributed by atoms with Gasteiger partial charge in [0.25, 0.3) is 5.91 Å². The first-order valence-electron chi connectivity index (χ1n) is 51.0. The van der Waals surface area contributed by atoms with Crippen LogP contribution < -0.4 is 36.6 Å². The summed E-state index contributed by atoms with van der Waals surface area (Å²) in [6, 6.07) is 105. The Balaban J connectivity index is 0.000000113. The number of hydrogen-bond acceptors (Lipinski definition) is 16. The van der Waals surface area contributed by atoms with E-state index in [4.69, 9.17) is 19.7 Å². The molecule has 748 valence electrons. The number of nitrogens with zero attached hydrogens (tertiary/aromatic N) is 5. The summed E-state index contributed by atoms with van der Waals surface area (Å²) >= 11 is 0. The van der Waals surface area contributed by atoms with Crippen molar-refractivity contribution >= 4 is 162 Å². The van der Waals surface area contributed by atoms with Crippen molar-refractivity contribution in [2.75, 3.05) is 45.6 Å². The van der Waals surface area contributed by atoms with Crippen molar-refractivity contribution in [3.8, 4) is 62.0 Å². The molecule has 4 saturated carbocycles. The molecule has 27 nitrogen and oxygen atoms in total. The van der Waals surface area contributed by atoms with Crippen LogP contribution in [0.3, 0.4) is 0 Å². The van der Waals surface area contributed by atoms with Crippen LogP contribution in [0.25, 0.3) is 143 Å². The Morgan fingerprint density at radius 1 is 0.322 bits per heavy atom. The Labute approximate surface area is 859 Å². The lowest BCUT2D eigenvalue weighted by atomic mass is 9.86. The maximum absolute atomic E-state index is 12.8. The van der Waals surface area contributed by atoms with Crippen molar-refractivity contribution in [1.29, 1.82) is 0 Å². The van der Waals surface area contributed by atoms with Crippen molar-refractivity contribution in [3.63, 3.8) is 0 Å². The van der Waals surface area contributed by atoms with Crippen LogP contribution in [0.5, 0.6) is 5.75 Å². The smallest absolute Gasteiger partial charge is 0.255 e. The van der Waals surface area contributed by atoms with Gasteiger partial charge in [-0.05, 0) is 272 Å². The molecule has 1 unspecified atom stereocenters. The molecular weight excluding hydrogens is 1870 g/mol. The number of anilines is 6. The molecule has 4 fully saturated rings. The van der Waals surface area contributed by atoms with Gasteiger partial charge in [0.05, 0.1) is 63.1 Å². The van der Waals surface area contributed by atoms with E-state index in [1.165, 1.54) is 26.9 Å². The zero-order valence-electron chi connectivity index (χ0n) is 82.4. The molecule has 4 aliphatic carbocycles. The molecule has 4 aliphatic rings. The van der Waals surface area contributed by atoms with Gasteiger partial charge in [-0.25, -0.2) is 0 Å². The minimum atomic E-state index is -0.231. The van der Waals surface area contributed by atoms with Crippen molar-refractivity contribution in [1.82, 2.24) is 51.0 Å². The number of aliphatic hydroxyl groups excluding tert-OH is 2. The van der Waals surface area contributed by atoms with E-state index < -0.39 is 0 Å². The summed E-state index contributed by atoms with van der Waals surface area (Å²) in [6.45, 7) is 0.718. The van der Waals surface area contributed by atoms with Gasteiger partial charge < -0.3 is 51.6 Å². The predicted octanol–water partition coefficient (Wildman–Crippen LogP) is 25.4. The maximum atomic E-state index is 12.8. The number of benzene rings is 15. The molecule has 1 atom stereocenters. The molecule has 5 heterocycles. The average Bonchev–Trinajstić information content (AvgIpc) is 1.68. The lowest BCUT2D eigenvalue weighted by Gasteiger charge is -2.26. The first-order chi connectivity index (χ1) is 73.0. The minimum absolute atomic E-state index is 0.0345. The van der Waals surface area contributed by atoms with E-state index in [1.807, 2.05) is 206 Å². The van der Waals surface area contributed by atoms with Gasteiger partial charge in [0.1, 0.15) is 23.8 Å². The van der Waals surface area contributed by atoms with Gasteiger partial charge >= 0.3 is 0 Å². The van der Waals surface area contributed by atoms with Crippen LogP contribution in [0.2, 0.25) is 0 Å². The quantitative estimate of drug-likeness (QED) is 0.0203. The number of aromatic nitrogens is 10. The highest BCUT2D eigenvalue weighted by atomic mass is 16.5. The number of nitrogens with one attached hydrogen (secondary N) is 11. The Morgan fingerprint density at radius 3 is 1.10 bits per heavy atom. The largest absolute Gasteiger partial charge is 0.489 e. The maximum Gasteiger partial charge on any atom is 0.255 e. The summed E-state index contributed by atoms with van der Waals surface area (Å²) in [5.41, 5.74) is 20.8. The summed E-state index contributed by atoms with van der Waals surface area (Å²) in [7, 11) is 1.75. The number of fused-ring (bicyclic) bond motifs is 8. The minimum Gasteiger partial charge on any atom is -0.489 e. The molecule has 5 aromatic heterocycles. The number of hydrogen-bond donors (Lipinski definition) is 13. The second kappa shape index (κ2) is 46.3. The molecule has 6 amide bonds. The highest BCUT2D eigenvalue weighted by Gasteiger charge is 2.33. The number of amides is 6. The van der Waals surface area contributed by atoms with Gasteiger partial charge in [0.2, 0.25) is 29.5 Å². The lowest BCUT2D eigenvalue weighted by molar-refractivity contribution is -0.122. The van der Waals surface area contributed by atoms with Crippen molar-refractivity contribution in [2.24, 2.45) is 23.7 Å². The molecule has 0 radical (unpaired) electrons. The summed E-state index contributed by atoms with van der Waals surface area (Å²) in [5.74, 6) is 1.11. The van der Waals surface area contributed by atoms with Gasteiger partial charge in [-0.3, -0.25) is 59.1 Å². The zero-order chi connectivity index (χ0) is 102. The van der Waals surface area contributed by atoms with Crippen molar-refractivity contribution < 1.29 is 53.2 Å². The lowest BCUT2D eigenvalue weighted by Crippen LogP contribution is -2.29. The van der Waals surface area contributed by atoms with E-state index in [-0.39, 0.29) is 78.1 Å². The normalized spacial score (nSPS) is 14.7. The Bertz CT molecular complexity index is 8260. The Kier molecular flexibility index (Phi) is 30.8. The zero-order valence-corrected chi connectivity index (χ0v) is 82.4. The van der Waals surface area contributed by atoms with Crippen molar-refractivity contribution in [3.05, 3.63) is 338 Å². The molecule has 20 aromatic rings. The van der Waals surface area contributed by atoms with Crippen LogP contribution in [-0.2, 0) is 46.7 Å². The molecule has 0 aliphatic heterocycles. The molecule has 0 bridgehead atoms. The number of carbonyl (C=O) groups is 7. The first kappa shape index (κ1) is 99.0. The van der Waals surface area contributed by atoms with Crippen LogP contribution in [0.15, 0.2) is 322 Å². The standard InChI is InChI=1S/C26H23N3O3.C25H25N3O2.C25H19N3O2.C25H27N3O2.C21H20N4O2/c30-21-10-6-19(14-21)26(31)27-20-9-13-24-23(15-20)25(29-28-24)18-7-11-22(12-8-18)32-16-17-4-2-1-3-5-17;1-30-21-11-8-17(9-12-21)25(29)26-20-10-13-23-22(15-20)24(28-27-23)19-7-6-16-4-2-3-5-18(16)14-19;29-15-16-5-7-18(8-6-16)25(30)26-21-11-12-23-22(14-21)24(28-27-23)20-10-9-17-3-1-2-4-19(17)13-20;29-15-7-3-1-2-4-10-24(30)26-21-13-14-23-22(17-21)25(28-27-23)20-12-11-18-8-5-6-9-19(18)16-20;26-20(12-4-5-12)22-15-3-1-2-14(10-15)19-17-11-16(8-9-18(17)24-25-19)23-21(27)13-6-7-13/h1-5,7-9,11-13,15,19H,6,10,14,16H2,(H,27,31)(H,28,29);2-7,10,13-15,17,21H,8-9,11-12H2,1H3,(H,26,29)(H,27,28);1-14,29H,15H2,(H,26,30)(H,27,28);5-6,8-9,11-14,16-17,29H,1-4,7,10,15H2,(H,26,30)(H,27,28);1-3,8-13H,4-7H2,(H,22,26)(H,23,27)(H,24,25). The van der Waals surface area contributed by atoms with E-state index in [1.54, 1.807) is 31.4 Å². The number of H-pyrrole nitrogens is 5. The third-order valence-corrected chi connectivity index (χ3v) is 27.9. The van der Waals surface area contributed by atoms with Crippen LogP contribution in [-0.4, -0.2) is 122 Å². The second-order valence-electron chi connectivity index (χ2n) is 38.5. The summed E-state index contributed by atoms with van der Waals surface area (Å²) in [6.07, 6.45) is 14.6. The summed E-state index contributed by atoms with van der Waals surface area (Å²) in [4.78, 5) is 85.7. The number of methoxy groups -OCH3 is 1. The fourth-order valence-electron chi connectivity index (χ4n) is 19.1. The number of unbranched alkanes of at least 4 members (excludes halogenated alkanes) is 4. The van der Waals surface area contributed by atoms with E-state index >= 15 is 0 Å². The predicted molar refractivity (Wildman–Crippen MR) is 590 cm³/mol. The molecule has 149 heavy (non-hydrogen) atoms. The summed E-state index contributed by atoms with van der Waals surface area (Å²) < 4.78 is 11.3. The highest BCUT2D eigenvalue weighted by molar-refractivity contribution is 6.09. The number of Topliss-reactive ketones (excluding diaryl/α,β-unsaturated/α-hetero) is 1. The third kappa shape index (κ3) is 24.6. The summed E-state index contributed by atoms with van der Waals surface area (Å²) in [5, 5.41) is 85.7.